The fourth-order valence-corrected chi connectivity index (χ4v) is 5.30. The Morgan fingerprint density at radius 1 is 1.59 bits per heavy atom. The van der Waals surface area contributed by atoms with Crippen molar-refractivity contribution >= 4 is 43.2 Å². The number of thiophene rings is 1. The average Bonchev–Trinajstić information content (AvgIpc) is 2.60. The summed E-state index contributed by atoms with van der Waals surface area (Å²) in [6.45, 7) is 3.08. The highest BCUT2D eigenvalue weighted by Crippen LogP contribution is 2.30. The van der Waals surface area contributed by atoms with Gasteiger partial charge in [-0.1, -0.05) is 0 Å². The number of hydrogen-bond acceptors (Lipinski definition) is 4. The maximum atomic E-state index is 12.3. The first kappa shape index (κ1) is 14.6. The number of rotatable bonds is 5. The van der Waals surface area contributed by atoms with Gasteiger partial charge in [0.1, 0.15) is 4.21 Å². The van der Waals surface area contributed by atoms with Crippen LogP contribution >= 0.6 is 27.3 Å². The van der Waals surface area contributed by atoms with Crippen LogP contribution in [-0.2, 0) is 14.8 Å². The molecule has 1 aromatic heterocycles. The Morgan fingerprint density at radius 2 is 2.18 bits per heavy atom. The maximum absolute atomic E-state index is 12.3. The van der Waals surface area contributed by atoms with E-state index in [4.69, 9.17) is 5.73 Å². The number of nitrogens with zero attached hydrogens (tertiary/aromatic N) is 1. The Balaban J connectivity index is 3.18. The smallest absolute Gasteiger partial charge is 0.254 e. The van der Waals surface area contributed by atoms with Crippen molar-refractivity contribution in [3.8, 4) is 0 Å². The number of carbonyl (C=O) groups is 1. The number of hydrogen-bond donors (Lipinski definition) is 1. The molecule has 0 aliphatic rings. The Hall–Kier alpha value is -0.440. The van der Waals surface area contributed by atoms with Crippen molar-refractivity contribution in [3.63, 3.8) is 0 Å². The van der Waals surface area contributed by atoms with Crippen molar-refractivity contribution in [2.24, 2.45) is 5.73 Å². The molecule has 0 saturated carbocycles. The normalized spacial score (nSPS) is 12.3. The highest BCUT2D eigenvalue weighted by atomic mass is 79.9. The van der Waals surface area contributed by atoms with Gasteiger partial charge < -0.3 is 5.73 Å². The van der Waals surface area contributed by atoms with E-state index in [1.165, 1.54) is 0 Å². The maximum Gasteiger partial charge on any atom is 0.254 e. The molecule has 1 amide bonds. The standard InChI is InChI=1S/C9H13BrN2O3S2/c1-6(2)12(5-8(11)13)17(14,15)9-7(10)3-4-16-9/h3-4,6H,5H2,1-2H3,(H2,11,13). The molecule has 0 aliphatic heterocycles. The number of halogens is 1. The lowest BCUT2D eigenvalue weighted by Gasteiger charge is -2.23. The van der Waals surface area contributed by atoms with E-state index >= 15 is 0 Å². The second-order valence-corrected chi connectivity index (χ2v) is 7.52. The number of amides is 1. The van der Waals surface area contributed by atoms with Crippen molar-refractivity contribution in [2.75, 3.05) is 6.54 Å². The number of primary amides is 1. The van der Waals surface area contributed by atoms with Crippen molar-refractivity contribution in [1.29, 1.82) is 0 Å². The van der Waals surface area contributed by atoms with Crippen LogP contribution in [0.1, 0.15) is 13.8 Å². The monoisotopic (exact) mass is 340 g/mol. The lowest BCUT2D eigenvalue weighted by atomic mass is 10.4. The molecule has 17 heavy (non-hydrogen) atoms. The van der Waals surface area contributed by atoms with Gasteiger partial charge in [0.25, 0.3) is 10.0 Å². The van der Waals surface area contributed by atoms with Gasteiger partial charge >= 0.3 is 0 Å². The Kier molecular flexibility index (Phi) is 4.70. The summed E-state index contributed by atoms with van der Waals surface area (Å²) >= 11 is 4.27. The summed E-state index contributed by atoms with van der Waals surface area (Å²) < 4.78 is 26.4. The van der Waals surface area contributed by atoms with E-state index in [0.717, 1.165) is 15.6 Å². The van der Waals surface area contributed by atoms with Gasteiger partial charge in [0, 0.05) is 10.5 Å². The van der Waals surface area contributed by atoms with Crippen molar-refractivity contribution < 1.29 is 13.2 Å². The minimum Gasteiger partial charge on any atom is -0.369 e. The highest BCUT2D eigenvalue weighted by molar-refractivity contribution is 9.10. The van der Waals surface area contributed by atoms with Crippen molar-refractivity contribution in [1.82, 2.24) is 4.31 Å². The molecule has 0 atom stereocenters. The second-order valence-electron chi connectivity index (χ2n) is 3.67. The van der Waals surface area contributed by atoms with Gasteiger partial charge in [-0.2, -0.15) is 4.31 Å². The van der Waals surface area contributed by atoms with Crippen molar-refractivity contribution in [2.45, 2.75) is 24.1 Å². The van der Waals surface area contributed by atoms with Crippen LogP contribution in [0.5, 0.6) is 0 Å². The minimum atomic E-state index is -3.68. The molecular formula is C9H13BrN2O3S2. The van der Waals surface area contributed by atoms with Gasteiger partial charge in [0.2, 0.25) is 5.91 Å². The molecule has 0 bridgehead atoms. The van der Waals surface area contributed by atoms with Crippen LogP contribution in [0, 0.1) is 0 Å². The number of carbonyl (C=O) groups excluding carboxylic acids is 1. The summed E-state index contributed by atoms with van der Waals surface area (Å²) in [4.78, 5) is 10.9. The SMILES string of the molecule is CC(C)N(CC(N)=O)S(=O)(=O)c1sccc1Br. The third-order valence-electron chi connectivity index (χ3n) is 2.02. The molecule has 0 fully saturated rings. The molecule has 0 radical (unpaired) electrons. The van der Waals surface area contributed by atoms with Crippen LogP contribution in [0.2, 0.25) is 0 Å². The molecule has 1 rings (SSSR count). The predicted molar refractivity (Wildman–Crippen MR) is 70.2 cm³/mol. The fraction of sp³-hybridized carbons (Fsp3) is 0.444. The largest absolute Gasteiger partial charge is 0.369 e. The number of nitrogens with two attached hydrogens (primary N) is 1. The first-order valence-electron chi connectivity index (χ1n) is 4.80. The van der Waals surface area contributed by atoms with Gasteiger partial charge in [-0.25, -0.2) is 8.42 Å². The van der Waals surface area contributed by atoms with Crippen LogP contribution in [0.3, 0.4) is 0 Å². The molecule has 5 nitrogen and oxygen atoms in total. The van der Waals surface area contributed by atoms with Gasteiger partial charge in [-0.05, 0) is 41.2 Å². The van der Waals surface area contributed by atoms with Crippen LogP contribution in [-0.4, -0.2) is 31.2 Å². The Labute approximate surface area is 113 Å². The molecule has 0 saturated heterocycles. The van der Waals surface area contributed by atoms with Gasteiger partial charge in [0.15, 0.2) is 0 Å². The molecule has 1 aromatic rings. The van der Waals surface area contributed by atoms with Crippen LogP contribution in [0.25, 0.3) is 0 Å². The summed E-state index contributed by atoms with van der Waals surface area (Å²) in [7, 11) is -3.68. The quantitative estimate of drug-likeness (QED) is 0.879. The lowest BCUT2D eigenvalue weighted by Crippen LogP contribution is -2.42. The van der Waals surface area contributed by atoms with E-state index < -0.39 is 15.9 Å². The third-order valence-corrected chi connectivity index (χ3v) is 6.68. The van der Waals surface area contributed by atoms with E-state index in [9.17, 15) is 13.2 Å². The zero-order valence-corrected chi connectivity index (χ0v) is 12.6. The average molecular weight is 341 g/mol. The van der Waals surface area contributed by atoms with E-state index in [1.54, 1.807) is 25.3 Å². The molecule has 0 spiro atoms. The van der Waals surface area contributed by atoms with Crippen LogP contribution in [0.4, 0.5) is 0 Å². The first-order valence-corrected chi connectivity index (χ1v) is 7.91. The van der Waals surface area contributed by atoms with E-state index in [1.807, 2.05) is 0 Å². The predicted octanol–water partition coefficient (Wildman–Crippen LogP) is 1.39. The Morgan fingerprint density at radius 3 is 2.53 bits per heavy atom. The fourth-order valence-electron chi connectivity index (χ4n) is 1.27. The van der Waals surface area contributed by atoms with E-state index in [-0.39, 0.29) is 16.8 Å². The topological polar surface area (TPSA) is 80.5 Å². The van der Waals surface area contributed by atoms with E-state index in [2.05, 4.69) is 15.9 Å². The molecule has 0 unspecified atom stereocenters. The van der Waals surface area contributed by atoms with E-state index in [0.29, 0.717) is 4.47 Å². The van der Waals surface area contributed by atoms with Crippen LogP contribution in [0.15, 0.2) is 20.1 Å². The summed E-state index contributed by atoms with van der Waals surface area (Å²) in [5, 5.41) is 1.67. The highest BCUT2D eigenvalue weighted by Gasteiger charge is 2.30. The zero-order chi connectivity index (χ0) is 13.2. The molecule has 0 aromatic carbocycles. The summed E-state index contributed by atoms with van der Waals surface area (Å²) in [6.07, 6.45) is 0. The molecule has 2 N–H and O–H groups in total. The molecular weight excluding hydrogens is 328 g/mol. The summed E-state index contributed by atoms with van der Waals surface area (Å²) in [5.74, 6) is -0.671. The third kappa shape index (κ3) is 3.27. The first-order chi connectivity index (χ1) is 7.76. The molecule has 96 valence electrons. The number of sulfonamides is 1. The minimum absolute atomic E-state index is 0.187. The Bertz CT molecular complexity index is 510. The summed E-state index contributed by atoms with van der Waals surface area (Å²) in [5.41, 5.74) is 5.07. The van der Waals surface area contributed by atoms with Gasteiger partial charge in [-0.15, -0.1) is 11.3 Å². The van der Waals surface area contributed by atoms with Gasteiger partial charge in [0.05, 0.1) is 6.54 Å². The van der Waals surface area contributed by atoms with Crippen molar-refractivity contribution in [3.05, 3.63) is 15.9 Å². The van der Waals surface area contributed by atoms with Crippen LogP contribution < -0.4 is 5.73 Å². The summed E-state index contributed by atoms with van der Waals surface area (Å²) in [6, 6.07) is 1.32. The molecule has 1 heterocycles. The second kappa shape index (κ2) is 5.47. The molecule has 0 aliphatic carbocycles. The molecule has 8 heteroatoms. The lowest BCUT2D eigenvalue weighted by molar-refractivity contribution is -0.118. The van der Waals surface area contributed by atoms with Gasteiger partial charge in [-0.3, -0.25) is 4.79 Å². The zero-order valence-electron chi connectivity index (χ0n) is 9.38.